The minimum atomic E-state index is 0.120. The molecule has 0 aliphatic rings. The van der Waals surface area contributed by atoms with Gasteiger partial charge in [-0.25, -0.2) is 0 Å². The number of hydrogen-bond donors (Lipinski definition) is 3. The molecular formula is C10H15N3. The number of nitrogen functional groups attached to an aromatic ring is 1. The van der Waals surface area contributed by atoms with Crippen LogP contribution >= 0.6 is 0 Å². The lowest BCUT2D eigenvalue weighted by Crippen LogP contribution is -2.11. The van der Waals surface area contributed by atoms with E-state index >= 15 is 0 Å². The van der Waals surface area contributed by atoms with Gasteiger partial charge in [0, 0.05) is 5.56 Å². The van der Waals surface area contributed by atoms with Crippen molar-refractivity contribution >= 4 is 5.84 Å². The number of aryl methyl sites for hydroxylation is 1. The van der Waals surface area contributed by atoms with E-state index in [9.17, 15) is 0 Å². The maximum Gasteiger partial charge on any atom is 0.122 e. The summed E-state index contributed by atoms with van der Waals surface area (Å²) in [5.41, 5.74) is 12.8. The molecule has 13 heavy (non-hydrogen) atoms. The van der Waals surface area contributed by atoms with Gasteiger partial charge in [0.15, 0.2) is 0 Å². The summed E-state index contributed by atoms with van der Waals surface area (Å²) in [5.74, 6) is 0.120. The molecule has 0 saturated carbocycles. The normalized spacial score (nSPS) is 9.92. The molecule has 1 rings (SSSR count). The topological polar surface area (TPSA) is 75.9 Å². The molecule has 0 bridgehead atoms. The standard InChI is InChI=1S/C10H15N3/c11-6-2-4-8-3-1-5-9(7-8)10(12)13/h1,3,5,7H,2,4,6,11H2,(H3,12,13). The predicted octanol–water partition coefficient (Wildman–Crippen LogP) is 0.862. The van der Waals surface area contributed by atoms with Gasteiger partial charge in [-0.15, -0.1) is 0 Å². The lowest BCUT2D eigenvalue weighted by Gasteiger charge is -2.02. The molecule has 3 heteroatoms. The quantitative estimate of drug-likeness (QED) is 0.471. The number of nitrogens with two attached hydrogens (primary N) is 2. The number of amidine groups is 1. The fourth-order valence-electron chi connectivity index (χ4n) is 1.20. The molecule has 5 N–H and O–H groups in total. The average molecular weight is 177 g/mol. The largest absolute Gasteiger partial charge is 0.384 e. The lowest BCUT2D eigenvalue weighted by atomic mass is 10.1. The smallest absolute Gasteiger partial charge is 0.122 e. The summed E-state index contributed by atoms with van der Waals surface area (Å²) < 4.78 is 0. The molecular weight excluding hydrogens is 162 g/mol. The number of nitrogens with one attached hydrogen (secondary N) is 1. The third-order valence-corrected chi connectivity index (χ3v) is 1.91. The molecule has 1 aromatic carbocycles. The van der Waals surface area contributed by atoms with Gasteiger partial charge < -0.3 is 11.5 Å². The van der Waals surface area contributed by atoms with Crippen molar-refractivity contribution in [3.05, 3.63) is 35.4 Å². The Kier molecular flexibility index (Phi) is 3.46. The van der Waals surface area contributed by atoms with Gasteiger partial charge in [0.1, 0.15) is 5.84 Å². The van der Waals surface area contributed by atoms with E-state index in [1.54, 1.807) is 0 Å². The van der Waals surface area contributed by atoms with Crippen LogP contribution in [0.5, 0.6) is 0 Å². The Bertz CT molecular complexity index is 294. The van der Waals surface area contributed by atoms with Crippen molar-refractivity contribution in [3.8, 4) is 0 Å². The number of benzene rings is 1. The Morgan fingerprint density at radius 1 is 1.38 bits per heavy atom. The van der Waals surface area contributed by atoms with Crippen molar-refractivity contribution in [2.45, 2.75) is 12.8 Å². The van der Waals surface area contributed by atoms with Crippen LogP contribution in [0.15, 0.2) is 24.3 Å². The first-order valence-corrected chi connectivity index (χ1v) is 4.37. The highest BCUT2D eigenvalue weighted by Crippen LogP contribution is 2.06. The second kappa shape index (κ2) is 4.62. The summed E-state index contributed by atoms with van der Waals surface area (Å²) in [5, 5.41) is 7.26. The number of hydrogen-bond acceptors (Lipinski definition) is 2. The second-order valence-electron chi connectivity index (χ2n) is 3.01. The molecule has 1 aromatic rings. The SMILES string of the molecule is N=C(N)c1cccc(CCCN)c1. The molecule has 0 atom stereocenters. The molecule has 0 radical (unpaired) electrons. The van der Waals surface area contributed by atoms with Crippen LogP contribution < -0.4 is 11.5 Å². The zero-order valence-electron chi connectivity index (χ0n) is 7.59. The molecule has 0 aliphatic carbocycles. The summed E-state index contributed by atoms with van der Waals surface area (Å²) in [6.45, 7) is 0.699. The highest BCUT2D eigenvalue weighted by Gasteiger charge is 1.97. The van der Waals surface area contributed by atoms with E-state index in [4.69, 9.17) is 16.9 Å². The molecule has 0 unspecified atom stereocenters. The summed E-state index contributed by atoms with van der Waals surface area (Å²) >= 11 is 0. The summed E-state index contributed by atoms with van der Waals surface area (Å²) in [6, 6.07) is 7.73. The maximum absolute atomic E-state index is 7.26. The number of rotatable bonds is 4. The maximum atomic E-state index is 7.26. The van der Waals surface area contributed by atoms with Crippen LogP contribution in [0.2, 0.25) is 0 Å². The fourth-order valence-corrected chi connectivity index (χ4v) is 1.20. The van der Waals surface area contributed by atoms with Crippen molar-refractivity contribution < 1.29 is 0 Å². The van der Waals surface area contributed by atoms with E-state index in [1.165, 1.54) is 5.56 Å². The van der Waals surface area contributed by atoms with E-state index in [0.29, 0.717) is 6.54 Å². The van der Waals surface area contributed by atoms with Gasteiger partial charge >= 0.3 is 0 Å². The first-order chi connectivity index (χ1) is 6.24. The van der Waals surface area contributed by atoms with Crippen molar-refractivity contribution in [2.24, 2.45) is 11.5 Å². The first-order valence-electron chi connectivity index (χ1n) is 4.37. The molecule has 0 amide bonds. The molecule has 70 valence electrons. The van der Waals surface area contributed by atoms with E-state index in [2.05, 4.69) is 0 Å². The third-order valence-electron chi connectivity index (χ3n) is 1.91. The Labute approximate surface area is 78.3 Å². The summed E-state index contributed by atoms with van der Waals surface area (Å²) in [7, 11) is 0. The minimum absolute atomic E-state index is 0.120. The summed E-state index contributed by atoms with van der Waals surface area (Å²) in [4.78, 5) is 0. The monoisotopic (exact) mass is 177 g/mol. The molecule has 0 fully saturated rings. The highest BCUT2D eigenvalue weighted by atomic mass is 14.7. The van der Waals surface area contributed by atoms with Gasteiger partial charge in [-0.05, 0) is 31.0 Å². The Morgan fingerprint density at radius 2 is 2.15 bits per heavy atom. The van der Waals surface area contributed by atoms with Crippen LogP contribution in [0.1, 0.15) is 17.5 Å². The van der Waals surface area contributed by atoms with Crippen LogP contribution in [0, 0.1) is 5.41 Å². The van der Waals surface area contributed by atoms with Crippen LogP contribution in [-0.2, 0) is 6.42 Å². The van der Waals surface area contributed by atoms with Crippen molar-refractivity contribution in [1.82, 2.24) is 0 Å². The van der Waals surface area contributed by atoms with Gasteiger partial charge in [0.25, 0.3) is 0 Å². The third kappa shape index (κ3) is 2.87. The average Bonchev–Trinajstić information content (AvgIpc) is 2.15. The van der Waals surface area contributed by atoms with Crippen LogP contribution in [0.25, 0.3) is 0 Å². The lowest BCUT2D eigenvalue weighted by molar-refractivity contribution is 0.832. The summed E-state index contributed by atoms with van der Waals surface area (Å²) in [6.07, 6.45) is 1.93. The molecule has 0 aliphatic heterocycles. The van der Waals surface area contributed by atoms with Crippen molar-refractivity contribution in [3.63, 3.8) is 0 Å². The Balaban J connectivity index is 2.73. The van der Waals surface area contributed by atoms with E-state index < -0.39 is 0 Å². The zero-order chi connectivity index (χ0) is 9.68. The zero-order valence-corrected chi connectivity index (χ0v) is 7.59. The molecule has 0 heterocycles. The van der Waals surface area contributed by atoms with Crippen molar-refractivity contribution in [1.29, 1.82) is 5.41 Å². The van der Waals surface area contributed by atoms with Gasteiger partial charge in [-0.3, -0.25) is 5.41 Å². The van der Waals surface area contributed by atoms with Crippen LogP contribution in [0.3, 0.4) is 0 Å². The van der Waals surface area contributed by atoms with Gasteiger partial charge in [0.2, 0.25) is 0 Å². The predicted molar refractivity (Wildman–Crippen MR) is 54.8 cm³/mol. The molecule has 0 spiro atoms. The first kappa shape index (κ1) is 9.74. The van der Waals surface area contributed by atoms with Crippen LogP contribution in [-0.4, -0.2) is 12.4 Å². The van der Waals surface area contributed by atoms with Gasteiger partial charge in [0.05, 0.1) is 0 Å². The van der Waals surface area contributed by atoms with E-state index in [0.717, 1.165) is 18.4 Å². The Hall–Kier alpha value is -1.35. The van der Waals surface area contributed by atoms with Gasteiger partial charge in [-0.1, -0.05) is 18.2 Å². The van der Waals surface area contributed by atoms with Crippen molar-refractivity contribution in [2.75, 3.05) is 6.54 Å². The fraction of sp³-hybridized carbons (Fsp3) is 0.300. The van der Waals surface area contributed by atoms with E-state index in [1.807, 2.05) is 24.3 Å². The molecule has 3 nitrogen and oxygen atoms in total. The second-order valence-corrected chi connectivity index (χ2v) is 3.01. The van der Waals surface area contributed by atoms with E-state index in [-0.39, 0.29) is 5.84 Å². The van der Waals surface area contributed by atoms with Gasteiger partial charge in [-0.2, -0.15) is 0 Å². The molecule has 0 saturated heterocycles. The Morgan fingerprint density at radius 3 is 2.77 bits per heavy atom. The minimum Gasteiger partial charge on any atom is -0.384 e. The highest BCUT2D eigenvalue weighted by molar-refractivity contribution is 5.95. The molecule has 0 aromatic heterocycles. The van der Waals surface area contributed by atoms with Crippen LogP contribution in [0.4, 0.5) is 0 Å².